The lowest BCUT2D eigenvalue weighted by Gasteiger charge is -2.32. The van der Waals surface area contributed by atoms with Gasteiger partial charge in [0.1, 0.15) is 6.04 Å². The molecule has 156 valence electrons. The third kappa shape index (κ3) is 6.54. The number of ketones is 1. The Hall–Kier alpha value is -0.980. The largest absolute Gasteiger partial charge is 0.480 e. The van der Waals surface area contributed by atoms with Crippen LogP contribution < -0.4 is 16.4 Å². The molecule has 0 bridgehead atoms. The van der Waals surface area contributed by atoms with E-state index in [9.17, 15) is 9.59 Å². The zero-order chi connectivity index (χ0) is 20.1. The van der Waals surface area contributed by atoms with E-state index in [1.807, 2.05) is 0 Å². The second-order valence-electron chi connectivity index (χ2n) is 9.62. The molecular formula is C21H39N3O3. The highest BCUT2D eigenvalue weighted by molar-refractivity contribution is 5.91. The van der Waals surface area contributed by atoms with Crippen LogP contribution >= 0.6 is 0 Å². The Kier molecular flexibility index (Phi) is 7.83. The first-order valence-corrected chi connectivity index (χ1v) is 10.7. The highest BCUT2D eigenvalue weighted by Crippen LogP contribution is 2.38. The number of carboxylic acids is 1. The minimum Gasteiger partial charge on any atom is -0.480 e. The quantitative estimate of drug-likeness (QED) is 0.434. The van der Waals surface area contributed by atoms with E-state index in [2.05, 4.69) is 31.4 Å². The van der Waals surface area contributed by atoms with E-state index < -0.39 is 12.0 Å². The Balaban J connectivity index is 1.83. The van der Waals surface area contributed by atoms with Gasteiger partial charge in [0, 0.05) is 17.5 Å². The summed E-state index contributed by atoms with van der Waals surface area (Å²) in [7, 11) is 0. The van der Waals surface area contributed by atoms with Gasteiger partial charge >= 0.3 is 5.97 Å². The van der Waals surface area contributed by atoms with Gasteiger partial charge in [-0.05, 0) is 72.3 Å². The van der Waals surface area contributed by atoms with Crippen LogP contribution in [0.5, 0.6) is 0 Å². The molecule has 6 nitrogen and oxygen atoms in total. The lowest BCUT2D eigenvalue weighted by Crippen LogP contribution is -2.52. The van der Waals surface area contributed by atoms with Crippen LogP contribution in [0.1, 0.15) is 85.0 Å². The molecule has 0 heterocycles. The number of aliphatic carboxylic acids is 1. The third-order valence-electron chi connectivity index (χ3n) is 6.09. The van der Waals surface area contributed by atoms with E-state index >= 15 is 0 Å². The highest BCUT2D eigenvalue weighted by Gasteiger charge is 2.45. The first-order valence-electron chi connectivity index (χ1n) is 10.7. The van der Waals surface area contributed by atoms with Crippen LogP contribution in [0.3, 0.4) is 0 Å². The van der Waals surface area contributed by atoms with Gasteiger partial charge in [-0.25, -0.2) is 0 Å². The van der Waals surface area contributed by atoms with Crippen LogP contribution in [-0.2, 0) is 9.59 Å². The van der Waals surface area contributed by atoms with Crippen molar-refractivity contribution < 1.29 is 14.7 Å². The van der Waals surface area contributed by atoms with Gasteiger partial charge < -0.3 is 21.5 Å². The van der Waals surface area contributed by atoms with Crippen molar-refractivity contribution in [1.82, 2.24) is 10.6 Å². The Morgan fingerprint density at radius 3 is 2.44 bits per heavy atom. The van der Waals surface area contributed by atoms with Crippen molar-refractivity contribution >= 4 is 11.8 Å². The number of carbonyl (C=O) groups excluding carboxylic acids is 1. The normalized spacial score (nSPS) is 26.2. The maximum absolute atomic E-state index is 13.4. The average Bonchev–Trinajstić information content (AvgIpc) is 3.22. The van der Waals surface area contributed by atoms with Crippen LogP contribution in [-0.4, -0.2) is 46.6 Å². The predicted molar refractivity (Wildman–Crippen MR) is 108 cm³/mol. The second-order valence-corrected chi connectivity index (χ2v) is 9.62. The summed E-state index contributed by atoms with van der Waals surface area (Å²) in [4.78, 5) is 24.1. The number of carboxylic acid groups (broad SMARTS) is 1. The fourth-order valence-corrected chi connectivity index (χ4v) is 4.78. The summed E-state index contributed by atoms with van der Waals surface area (Å²) in [6.07, 6.45) is 9.23. The Bertz CT molecular complexity index is 509. The summed E-state index contributed by atoms with van der Waals surface area (Å²) in [5.74, 6) is -0.360. The molecule has 2 saturated carbocycles. The molecule has 6 heteroatoms. The summed E-state index contributed by atoms with van der Waals surface area (Å²) in [6.45, 7) is 7.30. The lowest BCUT2D eigenvalue weighted by atomic mass is 9.83. The van der Waals surface area contributed by atoms with Crippen LogP contribution in [0.15, 0.2) is 0 Å². The van der Waals surface area contributed by atoms with E-state index in [1.165, 1.54) is 0 Å². The molecule has 0 amide bonds. The minimum absolute atomic E-state index is 0.0860. The molecule has 2 aliphatic rings. The fourth-order valence-electron chi connectivity index (χ4n) is 4.78. The number of Topliss-reactive ketones (excluding diaryl/α,β-unsaturated/α-hetero) is 1. The van der Waals surface area contributed by atoms with Gasteiger partial charge in [0.05, 0.1) is 5.54 Å². The first kappa shape index (κ1) is 22.3. The van der Waals surface area contributed by atoms with E-state index in [0.717, 1.165) is 64.3 Å². The van der Waals surface area contributed by atoms with Crippen LogP contribution in [0, 0.1) is 5.92 Å². The maximum atomic E-state index is 13.4. The van der Waals surface area contributed by atoms with E-state index in [1.54, 1.807) is 0 Å². The molecular weight excluding hydrogens is 342 g/mol. The molecule has 0 spiro atoms. The summed E-state index contributed by atoms with van der Waals surface area (Å²) >= 11 is 0. The Morgan fingerprint density at radius 1 is 1.19 bits per heavy atom. The molecule has 2 aliphatic carbocycles. The summed E-state index contributed by atoms with van der Waals surface area (Å²) in [6, 6.07) is -0.340. The Labute approximate surface area is 164 Å². The second kappa shape index (κ2) is 9.48. The van der Waals surface area contributed by atoms with Gasteiger partial charge in [-0.3, -0.25) is 9.59 Å². The number of rotatable bonds is 10. The molecule has 0 aromatic heterocycles. The monoisotopic (exact) mass is 381 g/mol. The first-order chi connectivity index (χ1) is 12.6. The number of nitrogens with two attached hydrogens (primary N) is 1. The number of hydrogen-bond acceptors (Lipinski definition) is 5. The Morgan fingerprint density at radius 2 is 1.85 bits per heavy atom. The van der Waals surface area contributed by atoms with Gasteiger partial charge in [0.25, 0.3) is 0 Å². The maximum Gasteiger partial charge on any atom is 0.320 e. The van der Waals surface area contributed by atoms with Crippen molar-refractivity contribution in [1.29, 1.82) is 0 Å². The lowest BCUT2D eigenvalue weighted by molar-refractivity contribution is -0.138. The third-order valence-corrected chi connectivity index (χ3v) is 6.09. The standard InChI is InChI=1S/C21H39N3O3/c1-20(2,3)24-16-10-9-15(14-16)18(25)21(11-5-6-12-21)23-13-7-4-8-17(22)19(26)27/h15-17,23-24H,4-14,22H2,1-3H3,(H,26,27)/t15-,16+,17+/m1/s1. The molecule has 0 unspecified atom stereocenters. The van der Waals surface area contributed by atoms with Gasteiger partial charge in [-0.15, -0.1) is 0 Å². The van der Waals surface area contributed by atoms with Crippen LogP contribution in [0.2, 0.25) is 0 Å². The molecule has 0 aromatic carbocycles. The summed E-state index contributed by atoms with van der Waals surface area (Å²) in [5.41, 5.74) is 5.29. The summed E-state index contributed by atoms with van der Waals surface area (Å²) < 4.78 is 0. The topological polar surface area (TPSA) is 104 Å². The number of carbonyl (C=O) groups is 2. The van der Waals surface area contributed by atoms with Gasteiger partial charge in [-0.1, -0.05) is 19.3 Å². The zero-order valence-electron chi connectivity index (χ0n) is 17.4. The molecule has 27 heavy (non-hydrogen) atoms. The van der Waals surface area contributed by atoms with Crippen molar-refractivity contribution in [3.8, 4) is 0 Å². The SMILES string of the molecule is CC(C)(C)N[C@H]1CC[C@@H](C(=O)C2(NCCCC[C@H](N)C(=O)O)CCCC2)C1. The van der Waals surface area contributed by atoms with Gasteiger partial charge in [0.15, 0.2) is 5.78 Å². The summed E-state index contributed by atoms with van der Waals surface area (Å²) in [5, 5.41) is 16.1. The molecule has 0 saturated heterocycles. The molecule has 0 aromatic rings. The minimum atomic E-state index is -0.940. The molecule has 0 aliphatic heterocycles. The molecule has 3 atom stereocenters. The highest BCUT2D eigenvalue weighted by atomic mass is 16.4. The van der Waals surface area contributed by atoms with Crippen LogP contribution in [0.25, 0.3) is 0 Å². The predicted octanol–water partition coefficient (Wildman–Crippen LogP) is 2.60. The van der Waals surface area contributed by atoms with Gasteiger partial charge in [-0.2, -0.15) is 0 Å². The van der Waals surface area contributed by atoms with E-state index in [0.29, 0.717) is 18.2 Å². The number of unbranched alkanes of at least 4 members (excludes halogenated alkanes) is 1. The van der Waals surface area contributed by atoms with Crippen molar-refractivity contribution in [3.63, 3.8) is 0 Å². The zero-order valence-corrected chi connectivity index (χ0v) is 17.4. The average molecular weight is 382 g/mol. The smallest absolute Gasteiger partial charge is 0.320 e. The van der Waals surface area contributed by atoms with E-state index in [-0.39, 0.29) is 17.0 Å². The van der Waals surface area contributed by atoms with Crippen molar-refractivity contribution in [2.24, 2.45) is 11.7 Å². The molecule has 2 fully saturated rings. The number of nitrogens with one attached hydrogen (secondary N) is 2. The fraction of sp³-hybridized carbons (Fsp3) is 0.905. The van der Waals surface area contributed by atoms with E-state index in [4.69, 9.17) is 10.8 Å². The van der Waals surface area contributed by atoms with Crippen molar-refractivity contribution in [2.75, 3.05) is 6.54 Å². The van der Waals surface area contributed by atoms with Crippen LogP contribution in [0.4, 0.5) is 0 Å². The molecule has 5 N–H and O–H groups in total. The molecule has 0 radical (unpaired) electrons. The van der Waals surface area contributed by atoms with Crippen molar-refractivity contribution in [3.05, 3.63) is 0 Å². The number of hydrogen-bond donors (Lipinski definition) is 4. The van der Waals surface area contributed by atoms with Gasteiger partial charge in [0.2, 0.25) is 0 Å². The van der Waals surface area contributed by atoms with Crippen molar-refractivity contribution in [2.45, 2.75) is 108 Å². The molecule has 2 rings (SSSR count).